The molecule has 32 heavy (non-hydrogen) atoms. The number of amides is 1. The van der Waals surface area contributed by atoms with Crippen molar-refractivity contribution in [2.24, 2.45) is 23.2 Å². The lowest BCUT2D eigenvalue weighted by Crippen LogP contribution is -2.50. The molecule has 3 unspecified atom stereocenters. The fourth-order valence-corrected chi connectivity index (χ4v) is 8.63. The van der Waals surface area contributed by atoms with E-state index in [0.29, 0.717) is 28.7 Å². The van der Waals surface area contributed by atoms with Crippen LogP contribution < -0.4 is 4.72 Å². The minimum Gasteiger partial charge on any atom is -0.386 e. The molecule has 1 saturated heterocycles. The number of hydrogen-bond donors (Lipinski definition) is 2. The van der Waals surface area contributed by atoms with Gasteiger partial charge in [-0.3, -0.25) is 4.79 Å². The molecule has 1 heterocycles. The van der Waals surface area contributed by atoms with Crippen molar-refractivity contribution in [3.05, 3.63) is 35.9 Å². The maximum atomic E-state index is 14.9. The van der Waals surface area contributed by atoms with Gasteiger partial charge in [0.15, 0.2) is 6.30 Å². The Morgan fingerprint density at radius 3 is 2.28 bits per heavy atom. The van der Waals surface area contributed by atoms with Gasteiger partial charge in [-0.25, -0.2) is 9.11 Å². The molecule has 0 radical (unpaired) electrons. The molecule has 4 atom stereocenters. The number of nitrogens with one attached hydrogen (secondary N) is 1. The van der Waals surface area contributed by atoms with E-state index in [4.69, 9.17) is 16.3 Å². The Bertz CT molecular complexity index is 943. The number of halogens is 2. The van der Waals surface area contributed by atoms with Crippen LogP contribution in [0.15, 0.2) is 30.3 Å². The van der Waals surface area contributed by atoms with Crippen LogP contribution in [-0.4, -0.2) is 54.3 Å². The van der Waals surface area contributed by atoms with Gasteiger partial charge in [0.25, 0.3) is 5.91 Å². The van der Waals surface area contributed by atoms with Crippen molar-refractivity contribution in [3.8, 4) is 0 Å². The summed E-state index contributed by atoms with van der Waals surface area (Å²) in [5.74, 6) is 1.19. The minimum atomic E-state index is -4.65. The van der Waals surface area contributed by atoms with Crippen LogP contribution in [0.25, 0.3) is 0 Å². The Morgan fingerprint density at radius 1 is 1.16 bits per heavy atom. The Morgan fingerprint density at radius 2 is 1.72 bits per heavy atom. The maximum absolute atomic E-state index is 14.9. The topological polar surface area (TPSA) is 95.9 Å². The predicted octanol–water partition coefficient (Wildman–Crippen LogP) is 2.80. The molecule has 2 N–H and O–H groups in total. The van der Waals surface area contributed by atoms with Gasteiger partial charge in [-0.1, -0.05) is 18.2 Å². The molecule has 0 spiro atoms. The van der Waals surface area contributed by atoms with Gasteiger partial charge < -0.3 is 9.84 Å². The summed E-state index contributed by atoms with van der Waals surface area (Å²) in [7, 11) is -4.65. The summed E-state index contributed by atoms with van der Waals surface area (Å²) in [5.41, 5.74) is -1.37. The van der Waals surface area contributed by atoms with E-state index in [9.17, 15) is 22.7 Å². The third-order valence-electron chi connectivity index (χ3n) is 7.66. The van der Waals surface area contributed by atoms with Crippen molar-refractivity contribution >= 4 is 27.7 Å². The van der Waals surface area contributed by atoms with Crippen molar-refractivity contribution in [1.29, 1.82) is 0 Å². The first-order valence-electron chi connectivity index (χ1n) is 11.2. The van der Waals surface area contributed by atoms with Crippen LogP contribution in [0.1, 0.15) is 48.9 Å². The number of carbonyl (C=O) groups excluding carboxylic acids is 1. The van der Waals surface area contributed by atoms with Gasteiger partial charge in [-0.05, 0) is 73.8 Å². The second-order valence-electron chi connectivity index (χ2n) is 10.1. The highest BCUT2D eigenvalue weighted by atomic mass is 35.5. The Balaban J connectivity index is 1.27. The molecule has 4 aliphatic carbocycles. The van der Waals surface area contributed by atoms with E-state index < -0.39 is 40.1 Å². The number of alkyl halides is 2. The standard InChI is InChI=1S/C22H28ClFN2O5S/c23-19-18(31-12-22-9-13-6-14(10-22)8-15(7-13)11-22)17(27)20(24)26(19)32(29,30)25-21(28)16-4-2-1-3-5-16/h1-5,13-15,17-20,27H,6-12H2,(H,25,28)/t13?,14?,15?,17-,18?,19?,20?,22?/m0/s1. The Labute approximate surface area is 192 Å². The SMILES string of the molecule is O=C(NS(=O)(=O)N1C(Cl)C(OCC23CC4CC(CC(C4)C2)C3)[C@H](O)C1F)c1ccccc1. The molecule has 4 bridgehead atoms. The first-order valence-corrected chi connectivity index (χ1v) is 13.0. The van der Waals surface area contributed by atoms with E-state index in [0.717, 1.165) is 19.3 Å². The minimum absolute atomic E-state index is 0.00467. The van der Waals surface area contributed by atoms with E-state index >= 15 is 0 Å². The monoisotopic (exact) mass is 486 g/mol. The van der Waals surface area contributed by atoms with Gasteiger partial charge in [0, 0.05) is 5.56 Å². The molecule has 4 saturated carbocycles. The quantitative estimate of drug-likeness (QED) is 0.476. The van der Waals surface area contributed by atoms with Gasteiger partial charge in [0.2, 0.25) is 0 Å². The van der Waals surface area contributed by atoms with Crippen LogP contribution >= 0.6 is 11.6 Å². The lowest BCUT2D eigenvalue weighted by molar-refractivity contribution is -0.127. The molecule has 1 amide bonds. The molecule has 176 valence electrons. The molecule has 6 rings (SSSR count). The summed E-state index contributed by atoms with van der Waals surface area (Å²) >= 11 is 6.30. The van der Waals surface area contributed by atoms with Gasteiger partial charge in [0.1, 0.15) is 17.7 Å². The zero-order chi connectivity index (χ0) is 22.7. The van der Waals surface area contributed by atoms with Crippen LogP contribution in [-0.2, 0) is 14.9 Å². The number of rotatable bonds is 6. The third kappa shape index (κ3) is 3.96. The number of hydrogen-bond acceptors (Lipinski definition) is 5. The van der Waals surface area contributed by atoms with E-state index in [-0.39, 0.29) is 11.0 Å². The van der Waals surface area contributed by atoms with Crippen molar-refractivity contribution < 1.29 is 27.4 Å². The zero-order valence-electron chi connectivity index (χ0n) is 17.6. The highest BCUT2D eigenvalue weighted by molar-refractivity contribution is 7.87. The molecular formula is C22H28ClFN2O5S. The summed E-state index contributed by atoms with van der Waals surface area (Å²) in [6.45, 7) is 0.332. The van der Waals surface area contributed by atoms with E-state index in [1.54, 1.807) is 18.2 Å². The van der Waals surface area contributed by atoms with E-state index in [1.165, 1.54) is 31.4 Å². The summed E-state index contributed by atoms with van der Waals surface area (Å²) < 4.78 is 48.5. The molecule has 5 aliphatic rings. The van der Waals surface area contributed by atoms with Crippen molar-refractivity contribution in [2.75, 3.05) is 6.61 Å². The third-order valence-corrected chi connectivity index (χ3v) is 9.66. The molecule has 7 nitrogen and oxygen atoms in total. The highest BCUT2D eigenvalue weighted by Gasteiger charge is 2.56. The lowest BCUT2D eigenvalue weighted by Gasteiger charge is -2.56. The largest absolute Gasteiger partial charge is 0.386 e. The summed E-state index contributed by atoms with van der Waals surface area (Å²) in [6, 6.07) is 7.72. The average Bonchev–Trinajstić information content (AvgIpc) is 2.94. The number of benzene rings is 1. The van der Waals surface area contributed by atoms with Gasteiger partial charge >= 0.3 is 10.2 Å². The van der Waals surface area contributed by atoms with E-state index in [2.05, 4.69) is 0 Å². The number of aliphatic hydroxyl groups is 1. The molecule has 0 aromatic heterocycles. The number of nitrogens with zero attached hydrogens (tertiary/aromatic N) is 1. The first-order chi connectivity index (χ1) is 15.2. The molecule has 1 aliphatic heterocycles. The highest BCUT2D eigenvalue weighted by Crippen LogP contribution is 2.60. The van der Waals surface area contributed by atoms with Crippen LogP contribution in [0.4, 0.5) is 4.39 Å². The van der Waals surface area contributed by atoms with Gasteiger partial charge in [0.05, 0.1) is 6.61 Å². The molecule has 1 aromatic carbocycles. The fraction of sp³-hybridized carbons (Fsp3) is 0.682. The van der Waals surface area contributed by atoms with Gasteiger partial charge in [-0.15, -0.1) is 15.9 Å². The second kappa shape index (κ2) is 8.20. The van der Waals surface area contributed by atoms with Crippen LogP contribution in [0, 0.1) is 23.2 Å². The summed E-state index contributed by atoms with van der Waals surface area (Å²) in [6.07, 6.45) is 1.70. The van der Waals surface area contributed by atoms with Crippen LogP contribution in [0.5, 0.6) is 0 Å². The normalized spacial score (nSPS) is 41.2. The van der Waals surface area contributed by atoms with Crippen molar-refractivity contribution in [2.45, 2.75) is 62.5 Å². The summed E-state index contributed by atoms with van der Waals surface area (Å²) in [4.78, 5) is 12.3. The Hall–Kier alpha value is -1.26. The molecule has 10 heteroatoms. The number of ether oxygens (including phenoxy) is 1. The fourth-order valence-electron chi connectivity index (χ4n) is 6.75. The van der Waals surface area contributed by atoms with Gasteiger partial charge in [-0.2, -0.15) is 8.42 Å². The lowest BCUT2D eigenvalue weighted by atomic mass is 9.50. The first kappa shape index (κ1) is 22.5. The molecule has 5 fully saturated rings. The van der Waals surface area contributed by atoms with Crippen molar-refractivity contribution in [3.63, 3.8) is 0 Å². The number of carbonyl (C=O) groups is 1. The van der Waals surface area contributed by atoms with E-state index in [1.807, 2.05) is 4.72 Å². The second-order valence-corrected chi connectivity index (χ2v) is 12.1. The van der Waals surface area contributed by atoms with Crippen LogP contribution in [0.2, 0.25) is 0 Å². The summed E-state index contributed by atoms with van der Waals surface area (Å²) in [5, 5.41) is 10.4. The Kier molecular flexibility index (Phi) is 5.77. The smallest absolute Gasteiger partial charge is 0.308 e. The maximum Gasteiger partial charge on any atom is 0.308 e. The molecular weight excluding hydrogens is 459 g/mol. The van der Waals surface area contributed by atoms with Crippen LogP contribution in [0.3, 0.4) is 0 Å². The molecule has 1 aromatic rings. The predicted molar refractivity (Wildman–Crippen MR) is 116 cm³/mol. The zero-order valence-corrected chi connectivity index (χ0v) is 19.1. The van der Waals surface area contributed by atoms with Crippen molar-refractivity contribution in [1.82, 2.24) is 9.03 Å². The average molecular weight is 487 g/mol. The number of aliphatic hydroxyl groups excluding tert-OH is 1.